The van der Waals surface area contributed by atoms with Crippen LogP contribution in [0.25, 0.3) is 22.8 Å². The number of pyridine rings is 2. The summed E-state index contributed by atoms with van der Waals surface area (Å²) in [6.45, 7) is 1.90. The first-order chi connectivity index (χ1) is 28.2. The highest BCUT2D eigenvalue weighted by Gasteiger charge is 2.44. The lowest BCUT2D eigenvalue weighted by Gasteiger charge is -2.27. The second-order valence-electron chi connectivity index (χ2n) is 12.3. The van der Waals surface area contributed by atoms with Crippen molar-refractivity contribution in [2.75, 3.05) is 28.6 Å². The Balaban J connectivity index is 0.000000201. The summed E-state index contributed by atoms with van der Waals surface area (Å²) in [5.41, 5.74) is 1.88. The van der Waals surface area contributed by atoms with Crippen LogP contribution in [0.1, 0.15) is 19.3 Å². The third-order valence-electron chi connectivity index (χ3n) is 8.01. The lowest BCUT2D eigenvalue weighted by Crippen LogP contribution is -2.33. The van der Waals surface area contributed by atoms with Gasteiger partial charge in [-0.05, 0) is 67.8 Å². The van der Waals surface area contributed by atoms with E-state index in [2.05, 4.69) is 64.9 Å². The van der Waals surface area contributed by atoms with E-state index in [9.17, 15) is 35.1 Å². The first-order valence-corrected chi connectivity index (χ1v) is 17.8. The molecule has 4 aromatic heterocycles. The van der Waals surface area contributed by atoms with Gasteiger partial charge in [0.1, 0.15) is 35.1 Å². The highest BCUT2D eigenvalue weighted by Crippen LogP contribution is 2.31. The van der Waals surface area contributed by atoms with Gasteiger partial charge in [-0.15, -0.1) is 0 Å². The first kappa shape index (κ1) is 42.1. The number of alkyl halides is 8. The van der Waals surface area contributed by atoms with Gasteiger partial charge in [0.15, 0.2) is 11.6 Å². The summed E-state index contributed by atoms with van der Waals surface area (Å²) < 4.78 is 110. The van der Waals surface area contributed by atoms with E-state index in [0.717, 1.165) is 61.6 Å². The Morgan fingerprint density at radius 2 is 1.08 bits per heavy atom. The molecular weight excluding hydrogens is 818 g/mol. The molecule has 7 rings (SSSR count). The number of halogens is 9. The van der Waals surface area contributed by atoms with Gasteiger partial charge in [-0.3, -0.25) is 0 Å². The Morgan fingerprint density at radius 3 is 1.58 bits per heavy atom. The maximum Gasteiger partial charge on any atom is 0.461 e. The average molecular weight is 848 g/mol. The molecule has 1 aliphatic rings. The average Bonchev–Trinajstić information content (AvgIpc) is 3.21. The molecule has 1 fully saturated rings. The maximum atomic E-state index is 13.2. The summed E-state index contributed by atoms with van der Waals surface area (Å²) >= 11 is 5.83. The van der Waals surface area contributed by atoms with Crippen LogP contribution in [-0.4, -0.2) is 78.0 Å². The van der Waals surface area contributed by atoms with Crippen molar-refractivity contribution in [2.45, 2.75) is 44.3 Å². The molecule has 2 N–H and O–H groups in total. The number of ether oxygens (including phenoxy) is 2. The molecule has 1 saturated heterocycles. The topological polar surface area (TPSA) is 149 Å². The first-order valence-electron chi connectivity index (χ1n) is 17.4. The predicted octanol–water partition coefficient (Wildman–Crippen LogP) is 9.47. The van der Waals surface area contributed by atoms with Crippen molar-refractivity contribution < 1.29 is 44.6 Å². The van der Waals surface area contributed by atoms with Crippen molar-refractivity contribution in [1.82, 2.24) is 39.9 Å². The fraction of sp³-hybridized carbons (Fsp3) is 0.243. The predicted molar refractivity (Wildman–Crippen MR) is 200 cm³/mol. The molecular formula is C37H30ClF8N11O2. The molecule has 0 unspecified atom stereocenters. The quantitative estimate of drug-likeness (QED) is 0.0840. The van der Waals surface area contributed by atoms with Crippen molar-refractivity contribution in [3.63, 3.8) is 0 Å². The van der Waals surface area contributed by atoms with Crippen LogP contribution in [0.5, 0.6) is 11.5 Å². The third-order valence-corrected chi connectivity index (χ3v) is 8.22. The minimum absolute atomic E-state index is 0.103. The lowest BCUT2D eigenvalue weighted by atomic mass is 10.1. The zero-order chi connectivity index (χ0) is 42.0. The number of nitrogens with one attached hydrogen (secondary N) is 2. The Hall–Kier alpha value is -6.51. The van der Waals surface area contributed by atoms with Crippen LogP contribution in [0, 0.1) is 0 Å². The van der Waals surface area contributed by atoms with Crippen LogP contribution < -0.4 is 25.0 Å². The highest BCUT2D eigenvalue weighted by molar-refractivity contribution is 6.29. The normalized spacial score (nSPS) is 13.1. The number of piperidine rings is 1. The molecule has 6 aromatic rings. The van der Waals surface area contributed by atoms with E-state index in [1.165, 1.54) is 49.5 Å². The van der Waals surface area contributed by atoms with Gasteiger partial charge in [-0.2, -0.15) is 45.1 Å². The van der Waals surface area contributed by atoms with Gasteiger partial charge in [0, 0.05) is 60.1 Å². The number of nitrogens with zero attached hydrogens (tertiary/aromatic N) is 9. The van der Waals surface area contributed by atoms with Crippen LogP contribution in [0.4, 0.5) is 64.2 Å². The van der Waals surface area contributed by atoms with E-state index < -0.39 is 36.6 Å². The SMILES string of the molecule is FC(F)C(F)(F)Oc1cccc(Nc2ncnc(-c3ccnc(Cl)c3)n2)c1.FC(F)C(F)(F)Oc1cccc(Nc2ncnc(-c3ccnc(N4CCCCC4)c3)n2)c1. The zero-order valence-corrected chi connectivity index (χ0v) is 30.9. The number of hydrogen-bond acceptors (Lipinski definition) is 13. The minimum Gasteiger partial charge on any atom is -0.428 e. The van der Waals surface area contributed by atoms with Crippen molar-refractivity contribution in [2.24, 2.45) is 0 Å². The molecule has 2 aromatic carbocycles. The fourth-order valence-corrected chi connectivity index (χ4v) is 5.50. The fourth-order valence-electron chi connectivity index (χ4n) is 5.32. The summed E-state index contributed by atoms with van der Waals surface area (Å²) in [5, 5.41) is 5.86. The highest BCUT2D eigenvalue weighted by atomic mass is 35.5. The van der Waals surface area contributed by atoms with Gasteiger partial charge < -0.3 is 25.0 Å². The van der Waals surface area contributed by atoms with Crippen molar-refractivity contribution >= 4 is 40.7 Å². The molecule has 0 saturated carbocycles. The number of aromatic nitrogens is 8. The molecule has 0 atom stereocenters. The van der Waals surface area contributed by atoms with E-state index in [-0.39, 0.29) is 28.4 Å². The van der Waals surface area contributed by atoms with Gasteiger partial charge in [-0.1, -0.05) is 23.7 Å². The molecule has 0 spiro atoms. The number of anilines is 5. The van der Waals surface area contributed by atoms with Crippen LogP contribution in [-0.2, 0) is 0 Å². The van der Waals surface area contributed by atoms with Crippen molar-refractivity contribution in [3.05, 3.63) is 103 Å². The Morgan fingerprint density at radius 1 is 0.593 bits per heavy atom. The molecule has 22 heteroatoms. The summed E-state index contributed by atoms with van der Waals surface area (Å²) in [5.74, 6) is 0.945. The van der Waals surface area contributed by atoms with E-state index >= 15 is 0 Å². The van der Waals surface area contributed by atoms with E-state index in [1.807, 2.05) is 6.07 Å². The molecule has 13 nitrogen and oxygen atoms in total. The summed E-state index contributed by atoms with van der Waals surface area (Å²) in [7, 11) is 0. The zero-order valence-electron chi connectivity index (χ0n) is 30.2. The monoisotopic (exact) mass is 847 g/mol. The van der Waals surface area contributed by atoms with Crippen molar-refractivity contribution in [1.29, 1.82) is 0 Å². The standard InChI is InChI=1S/C21H20F4N6O.C16H10ClF4N5O/c22-19(23)21(24,25)32-16-6-4-5-15(12-16)29-20-28-13-27-18(30-20)14-7-8-26-17(11-14)31-9-2-1-3-10-31;17-12-6-9(4-5-22-12)13-23-8-24-15(26-13)25-10-2-1-3-11(7-10)27-16(20,21)14(18)19/h4-8,11-13,19H,1-3,9-10H2,(H,27,28,29,30);1-8,14H,(H,23,24,25,26). The van der Waals surface area contributed by atoms with Crippen LogP contribution in [0.15, 0.2) is 97.8 Å². The summed E-state index contributed by atoms with van der Waals surface area (Å²) in [6, 6.07) is 17.2. The van der Waals surface area contributed by atoms with Crippen LogP contribution in [0.2, 0.25) is 5.15 Å². The Bertz CT molecular complexity index is 2330. The number of hydrogen-bond donors (Lipinski definition) is 2. The third kappa shape index (κ3) is 11.8. The van der Waals surface area contributed by atoms with Gasteiger partial charge in [0.05, 0.1) is 0 Å². The van der Waals surface area contributed by atoms with Crippen molar-refractivity contribution in [3.8, 4) is 34.3 Å². The second kappa shape index (κ2) is 18.8. The van der Waals surface area contributed by atoms with E-state index in [4.69, 9.17) is 11.6 Å². The molecule has 5 heterocycles. The van der Waals surface area contributed by atoms with E-state index in [1.54, 1.807) is 24.4 Å². The van der Waals surface area contributed by atoms with Crippen LogP contribution >= 0.6 is 11.6 Å². The van der Waals surface area contributed by atoms with Gasteiger partial charge >= 0.3 is 25.1 Å². The summed E-state index contributed by atoms with van der Waals surface area (Å²) in [6.07, 6.45) is -7.89. The summed E-state index contributed by atoms with van der Waals surface area (Å²) in [4.78, 5) is 35.3. The molecule has 0 radical (unpaired) electrons. The number of benzene rings is 2. The van der Waals surface area contributed by atoms with Gasteiger partial charge in [0.2, 0.25) is 11.9 Å². The Kier molecular flexibility index (Phi) is 13.4. The molecule has 0 bridgehead atoms. The van der Waals surface area contributed by atoms with Gasteiger partial charge in [0.25, 0.3) is 0 Å². The second-order valence-corrected chi connectivity index (χ2v) is 12.7. The molecule has 59 heavy (non-hydrogen) atoms. The molecule has 308 valence electrons. The van der Waals surface area contributed by atoms with E-state index in [0.29, 0.717) is 17.2 Å². The lowest BCUT2D eigenvalue weighted by molar-refractivity contribution is -0.253. The van der Waals surface area contributed by atoms with Crippen LogP contribution in [0.3, 0.4) is 0 Å². The minimum atomic E-state index is -4.60. The molecule has 0 amide bonds. The largest absolute Gasteiger partial charge is 0.461 e. The maximum absolute atomic E-state index is 13.2. The van der Waals surface area contributed by atoms with Gasteiger partial charge in [-0.25, -0.2) is 29.9 Å². The Labute approximate surface area is 334 Å². The smallest absolute Gasteiger partial charge is 0.428 e. The molecule has 0 aliphatic carbocycles. The number of rotatable bonds is 13. The molecule has 1 aliphatic heterocycles.